The molecule has 1 amide bonds. The maximum Gasteiger partial charge on any atom is 0.264 e. The van der Waals surface area contributed by atoms with E-state index in [9.17, 15) is 10.1 Å². The first kappa shape index (κ1) is 16.5. The highest BCUT2D eigenvalue weighted by molar-refractivity contribution is 6.03. The molecular formula is C21H19N3O. The van der Waals surface area contributed by atoms with Crippen molar-refractivity contribution in [2.24, 2.45) is 0 Å². The minimum Gasteiger partial charge on any atom is -0.344 e. The van der Waals surface area contributed by atoms with Crippen molar-refractivity contribution in [1.29, 1.82) is 5.26 Å². The average molecular weight is 329 g/mol. The zero-order valence-electron chi connectivity index (χ0n) is 14.3. The lowest BCUT2D eigenvalue weighted by atomic mass is 10.1. The van der Waals surface area contributed by atoms with Crippen molar-refractivity contribution in [3.63, 3.8) is 0 Å². The van der Waals surface area contributed by atoms with Gasteiger partial charge >= 0.3 is 0 Å². The molecule has 0 aliphatic carbocycles. The first-order valence-electron chi connectivity index (χ1n) is 8.05. The Morgan fingerprint density at radius 2 is 1.80 bits per heavy atom. The number of likely N-dealkylation sites (N-methyl/N-ethyl adjacent to an activating group) is 1. The first-order valence-corrected chi connectivity index (χ1v) is 8.05. The van der Waals surface area contributed by atoms with Gasteiger partial charge in [0.25, 0.3) is 5.91 Å². The topological polar surface area (TPSA) is 49.0 Å². The highest BCUT2D eigenvalue weighted by Crippen LogP contribution is 2.24. The van der Waals surface area contributed by atoms with Gasteiger partial charge in [-0.05, 0) is 17.7 Å². The molecule has 0 aliphatic rings. The van der Waals surface area contributed by atoms with Gasteiger partial charge in [-0.1, -0.05) is 48.5 Å². The fourth-order valence-electron chi connectivity index (χ4n) is 2.84. The van der Waals surface area contributed by atoms with Gasteiger partial charge in [0.1, 0.15) is 11.6 Å². The molecule has 0 saturated heterocycles. The molecule has 0 radical (unpaired) electrons. The molecule has 25 heavy (non-hydrogen) atoms. The van der Waals surface area contributed by atoms with Crippen LogP contribution in [0.4, 0.5) is 0 Å². The quantitative estimate of drug-likeness (QED) is 0.541. The van der Waals surface area contributed by atoms with Gasteiger partial charge in [0, 0.05) is 43.3 Å². The Morgan fingerprint density at radius 3 is 2.48 bits per heavy atom. The lowest BCUT2D eigenvalue weighted by Crippen LogP contribution is -2.22. The maximum atomic E-state index is 12.1. The summed E-state index contributed by atoms with van der Waals surface area (Å²) in [6.07, 6.45) is 3.67. The van der Waals surface area contributed by atoms with Gasteiger partial charge in [0.15, 0.2) is 0 Å². The molecular weight excluding hydrogens is 310 g/mol. The number of aromatic nitrogens is 1. The first-order chi connectivity index (χ1) is 12.1. The van der Waals surface area contributed by atoms with Crippen molar-refractivity contribution in [3.05, 3.63) is 77.5 Å². The summed E-state index contributed by atoms with van der Waals surface area (Å²) < 4.78 is 2.14. The molecule has 0 bridgehead atoms. The van der Waals surface area contributed by atoms with Crippen molar-refractivity contribution in [2.45, 2.75) is 6.54 Å². The van der Waals surface area contributed by atoms with Gasteiger partial charge in [0.2, 0.25) is 0 Å². The maximum absolute atomic E-state index is 12.1. The van der Waals surface area contributed by atoms with E-state index in [1.807, 2.05) is 48.7 Å². The molecule has 2 aromatic carbocycles. The van der Waals surface area contributed by atoms with Crippen LogP contribution in [-0.2, 0) is 11.3 Å². The average Bonchev–Trinajstić information content (AvgIpc) is 2.97. The molecule has 0 unspecified atom stereocenters. The van der Waals surface area contributed by atoms with E-state index in [2.05, 4.69) is 22.8 Å². The zero-order chi connectivity index (χ0) is 17.8. The largest absolute Gasteiger partial charge is 0.344 e. The number of carbonyl (C=O) groups is 1. The van der Waals surface area contributed by atoms with Crippen molar-refractivity contribution < 1.29 is 4.79 Å². The smallest absolute Gasteiger partial charge is 0.264 e. The van der Waals surface area contributed by atoms with Crippen molar-refractivity contribution in [3.8, 4) is 6.07 Å². The Kier molecular flexibility index (Phi) is 4.67. The van der Waals surface area contributed by atoms with Crippen LogP contribution in [0.5, 0.6) is 0 Å². The molecule has 124 valence electrons. The van der Waals surface area contributed by atoms with Crippen LogP contribution < -0.4 is 0 Å². The predicted molar refractivity (Wildman–Crippen MR) is 99.8 cm³/mol. The van der Waals surface area contributed by atoms with Crippen LogP contribution in [0.1, 0.15) is 11.1 Å². The van der Waals surface area contributed by atoms with Gasteiger partial charge in [-0.3, -0.25) is 4.79 Å². The highest BCUT2D eigenvalue weighted by atomic mass is 16.2. The SMILES string of the molecule is CN(C)C(=O)C(C#N)=Cc1cn(Cc2ccccc2)c2ccccc12. The van der Waals surface area contributed by atoms with E-state index in [-0.39, 0.29) is 11.5 Å². The second-order valence-corrected chi connectivity index (χ2v) is 6.08. The van der Waals surface area contributed by atoms with E-state index in [0.717, 1.165) is 23.0 Å². The summed E-state index contributed by atoms with van der Waals surface area (Å²) in [4.78, 5) is 13.6. The molecule has 4 heteroatoms. The summed E-state index contributed by atoms with van der Waals surface area (Å²) in [5.41, 5.74) is 3.28. The Bertz CT molecular complexity index is 975. The Balaban J connectivity index is 2.08. The summed E-state index contributed by atoms with van der Waals surface area (Å²) in [6.45, 7) is 0.735. The standard InChI is InChI=1S/C21H19N3O/c1-23(2)21(25)17(13-22)12-18-15-24(14-16-8-4-3-5-9-16)20-11-7-6-10-19(18)20/h3-12,15H,14H2,1-2H3. The van der Waals surface area contributed by atoms with E-state index in [4.69, 9.17) is 0 Å². The second-order valence-electron chi connectivity index (χ2n) is 6.08. The molecule has 3 aromatic rings. The fourth-order valence-corrected chi connectivity index (χ4v) is 2.84. The summed E-state index contributed by atoms with van der Waals surface area (Å²) >= 11 is 0. The number of carbonyl (C=O) groups excluding carboxylic acids is 1. The molecule has 1 heterocycles. The van der Waals surface area contributed by atoms with Crippen LogP contribution in [0.15, 0.2) is 66.4 Å². The van der Waals surface area contributed by atoms with E-state index in [1.165, 1.54) is 10.5 Å². The summed E-state index contributed by atoms with van der Waals surface area (Å²) in [5.74, 6) is -0.289. The number of rotatable bonds is 4. The lowest BCUT2D eigenvalue weighted by molar-refractivity contribution is -0.124. The summed E-state index contributed by atoms with van der Waals surface area (Å²) in [5, 5.41) is 10.4. The van der Waals surface area contributed by atoms with E-state index >= 15 is 0 Å². The molecule has 0 fully saturated rings. The van der Waals surface area contributed by atoms with Gasteiger partial charge in [-0.15, -0.1) is 0 Å². The van der Waals surface area contributed by atoms with Crippen LogP contribution in [-0.4, -0.2) is 29.5 Å². The minimum absolute atomic E-state index is 0.132. The summed E-state index contributed by atoms with van der Waals surface area (Å²) in [7, 11) is 3.29. The van der Waals surface area contributed by atoms with E-state index in [1.54, 1.807) is 20.2 Å². The molecule has 3 rings (SSSR count). The number of fused-ring (bicyclic) bond motifs is 1. The van der Waals surface area contributed by atoms with Crippen LogP contribution >= 0.6 is 0 Å². The van der Waals surface area contributed by atoms with Crippen molar-refractivity contribution in [1.82, 2.24) is 9.47 Å². The molecule has 0 atom stereocenters. The van der Waals surface area contributed by atoms with Crippen LogP contribution in [0, 0.1) is 11.3 Å². The normalized spacial score (nSPS) is 11.3. The highest BCUT2D eigenvalue weighted by Gasteiger charge is 2.13. The monoisotopic (exact) mass is 329 g/mol. The van der Waals surface area contributed by atoms with Crippen molar-refractivity contribution in [2.75, 3.05) is 14.1 Å². The van der Waals surface area contributed by atoms with E-state index in [0.29, 0.717) is 0 Å². The van der Waals surface area contributed by atoms with Crippen molar-refractivity contribution >= 4 is 22.9 Å². The zero-order valence-corrected chi connectivity index (χ0v) is 14.3. The van der Waals surface area contributed by atoms with Gasteiger partial charge in [0.05, 0.1) is 0 Å². The van der Waals surface area contributed by atoms with Gasteiger partial charge in [-0.25, -0.2) is 0 Å². The predicted octanol–water partition coefficient (Wildman–Crippen LogP) is 3.68. The molecule has 0 N–H and O–H groups in total. The third kappa shape index (κ3) is 3.46. The van der Waals surface area contributed by atoms with Crippen LogP contribution in [0.2, 0.25) is 0 Å². The van der Waals surface area contributed by atoms with E-state index < -0.39 is 0 Å². The number of hydrogen-bond acceptors (Lipinski definition) is 2. The number of para-hydroxylation sites is 1. The lowest BCUT2D eigenvalue weighted by Gasteiger charge is -2.08. The number of nitrogens with zero attached hydrogens (tertiary/aromatic N) is 3. The van der Waals surface area contributed by atoms with Gasteiger partial charge < -0.3 is 9.47 Å². The molecule has 1 aromatic heterocycles. The fraction of sp³-hybridized carbons (Fsp3) is 0.143. The molecule has 0 aliphatic heterocycles. The molecule has 0 saturated carbocycles. The second kappa shape index (κ2) is 7.06. The number of benzene rings is 2. The van der Waals surface area contributed by atoms with Crippen LogP contribution in [0.3, 0.4) is 0 Å². The van der Waals surface area contributed by atoms with Gasteiger partial charge in [-0.2, -0.15) is 5.26 Å². The Morgan fingerprint density at radius 1 is 1.12 bits per heavy atom. The molecule has 0 spiro atoms. The van der Waals surface area contributed by atoms with Crippen LogP contribution in [0.25, 0.3) is 17.0 Å². The third-order valence-electron chi connectivity index (χ3n) is 4.07. The number of nitriles is 1. The molecule has 4 nitrogen and oxygen atoms in total. The number of hydrogen-bond donors (Lipinski definition) is 0. The summed E-state index contributed by atoms with van der Waals surface area (Å²) in [6, 6.07) is 20.2. The minimum atomic E-state index is -0.289. The number of amides is 1. The Labute approximate surface area is 147 Å². The third-order valence-corrected chi connectivity index (χ3v) is 4.07. The Hall–Kier alpha value is -3.32.